The van der Waals surface area contributed by atoms with Gasteiger partial charge in [0.25, 0.3) is 5.56 Å². The van der Waals surface area contributed by atoms with Crippen LogP contribution in [0.1, 0.15) is 32.6 Å². The molecule has 2 aliphatic heterocycles. The highest BCUT2D eigenvalue weighted by molar-refractivity contribution is 7.89. The van der Waals surface area contributed by atoms with E-state index >= 15 is 0 Å². The van der Waals surface area contributed by atoms with Gasteiger partial charge in [-0.15, -0.1) is 0 Å². The summed E-state index contributed by atoms with van der Waals surface area (Å²) in [5.74, 6) is 0.191. The molecular formula is C21H28N4O5S. The summed E-state index contributed by atoms with van der Waals surface area (Å²) in [6.45, 7) is 4.00. The van der Waals surface area contributed by atoms with Crippen molar-refractivity contribution < 1.29 is 17.9 Å². The van der Waals surface area contributed by atoms with Gasteiger partial charge in [0.15, 0.2) is 0 Å². The second kappa shape index (κ2) is 9.05. The second-order valence-corrected chi connectivity index (χ2v) is 10.3. The van der Waals surface area contributed by atoms with Gasteiger partial charge < -0.3 is 10.1 Å². The SMILES string of the molecule is CC1CCN(S(=O)(=O)c2ccc3ncn(CC(=O)NCC4CCCO4)c(=O)c3c2)CC1. The Morgan fingerprint density at radius 3 is 2.74 bits per heavy atom. The van der Waals surface area contributed by atoms with E-state index in [1.807, 2.05) is 0 Å². The van der Waals surface area contributed by atoms with Gasteiger partial charge >= 0.3 is 0 Å². The second-order valence-electron chi connectivity index (χ2n) is 8.38. The molecule has 1 aromatic heterocycles. The first-order valence-electron chi connectivity index (χ1n) is 10.7. The van der Waals surface area contributed by atoms with Gasteiger partial charge in [0.05, 0.1) is 28.2 Å². The van der Waals surface area contributed by atoms with Gasteiger partial charge in [-0.25, -0.2) is 13.4 Å². The number of piperidine rings is 1. The molecule has 31 heavy (non-hydrogen) atoms. The molecule has 1 atom stereocenters. The normalized spacial score (nSPS) is 20.9. The molecule has 1 aromatic carbocycles. The lowest BCUT2D eigenvalue weighted by Crippen LogP contribution is -2.38. The van der Waals surface area contributed by atoms with E-state index in [0.717, 1.165) is 25.7 Å². The highest BCUT2D eigenvalue weighted by atomic mass is 32.2. The Morgan fingerprint density at radius 1 is 1.26 bits per heavy atom. The van der Waals surface area contributed by atoms with Crippen molar-refractivity contribution in [2.45, 2.75) is 50.2 Å². The Balaban J connectivity index is 1.54. The smallest absolute Gasteiger partial charge is 0.261 e. The maximum Gasteiger partial charge on any atom is 0.261 e. The molecule has 0 bridgehead atoms. The van der Waals surface area contributed by atoms with Crippen molar-refractivity contribution in [2.24, 2.45) is 5.92 Å². The Hall–Kier alpha value is -2.30. The van der Waals surface area contributed by atoms with Crippen molar-refractivity contribution in [1.29, 1.82) is 0 Å². The third kappa shape index (κ3) is 4.81. The molecule has 0 spiro atoms. The number of rotatable bonds is 6. The van der Waals surface area contributed by atoms with Crippen LogP contribution in [0.2, 0.25) is 0 Å². The zero-order valence-corrected chi connectivity index (χ0v) is 18.4. The highest BCUT2D eigenvalue weighted by Crippen LogP contribution is 2.24. The lowest BCUT2D eigenvalue weighted by Gasteiger charge is -2.29. The van der Waals surface area contributed by atoms with E-state index in [1.54, 1.807) is 0 Å². The number of amides is 1. The van der Waals surface area contributed by atoms with Crippen molar-refractivity contribution in [2.75, 3.05) is 26.2 Å². The minimum atomic E-state index is -3.68. The first kappa shape index (κ1) is 21.9. The van der Waals surface area contributed by atoms with Crippen LogP contribution in [0.5, 0.6) is 0 Å². The summed E-state index contributed by atoms with van der Waals surface area (Å²) in [6.07, 6.45) is 4.86. The van der Waals surface area contributed by atoms with Crippen molar-refractivity contribution in [3.8, 4) is 0 Å². The number of hydrogen-bond acceptors (Lipinski definition) is 6. The number of benzene rings is 1. The molecule has 2 fully saturated rings. The third-order valence-corrected chi connectivity index (χ3v) is 7.94. The molecule has 3 heterocycles. The largest absolute Gasteiger partial charge is 0.376 e. The van der Waals surface area contributed by atoms with Crippen LogP contribution in [0.3, 0.4) is 0 Å². The quantitative estimate of drug-likeness (QED) is 0.709. The van der Waals surface area contributed by atoms with Gasteiger partial charge in [-0.2, -0.15) is 4.31 Å². The minimum absolute atomic E-state index is 0.0148. The summed E-state index contributed by atoms with van der Waals surface area (Å²) >= 11 is 0. The van der Waals surface area contributed by atoms with E-state index in [9.17, 15) is 18.0 Å². The summed E-state index contributed by atoms with van der Waals surface area (Å²) in [5, 5.41) is 2.96. The molecule has 2 aliphatic rings. The third-order valence-electron chi connectivity index (χ3n) is 6.04. The van der Waals surface area contributed by atoms with Crippen molar-refractivity contribution >= 4 is 26.8 Å². The molecule has 0 radical (unpaired) electrons. The van der Waals surface area contributed by atoms with Crippen LogP contribution in [-0.4, -0.2) is 60.5 Å². The maximum atomic E-state index is 13.0. The van der Waals surface area contributed by atoms with E-state index < -0.39 is 15.6 Å². The van der Waals surface area contributed by atoms with Crippen molar-refractivity contribution in [3.05, 3.63) is 34.9 Å². The average Bonchev–Trinajstić information content (AvgIpc) is 3.28. The summed E-state index contributed by atoms with van der Waals surface area (Å²) in [6, 6.07) is 4.40. The lowest BCUT2D eigenvalue weighted by molar-refractivity contribution is -0.122. The van der Waals surface area contributed by atoms with Gasteiger partial charge in [0.2, 0.25) is 15.9 Å². The number of nitrogens with zero attached hydrogens (tertiary/aromatic N) is 3. The van der Waals surface area contributed by atoms with Gasteiger partial charge in [0.1, 0.15) is 6.54 Å². The fourth-order valence-corrected chi connectivity index (χ4v) is 5.53. The predicted octanol–water partition coefficient (Wildman–Crippen LogP) is 1.11. The topological polar surface area (TPSA) is 111 Å². The number of carbonyl (C=O) groups excluding carboxylic acids is 1. The highest BCUT2D eigenvalue weighted by Gasteiger charge is 2.28. The molecule has 4 rings (SSSR count). The fourth-order valence-electron chi connectivity index (χ4n) is 4.03. The van der Waals surface area contributed by atoms with E-state index in [2.05, 4.69) is 17.2 Å². The van der Waals surface area contributed by atoms with Crippen LogP contribution in [0.4, 0.5) is 0 Å². The molecule has 1 N–H and O–H groups in total. The van der Waals surface area contributed by atoms with Crippen LogP contribution < -0.4 is 10.9 Å². The summed E-state index contributed by atoms with van der Waals surface area (Å²) in [7, 11) is -3.68. The zero-order chi connectivity index (χ0) is 22.0. The van der Waals surface area contributed by atoms with E-state index in [-0.39, 0.29) is 28.8 Å². The summed E-state index contributed by atoms with van der Waals surface area (Å²) in [5.41, 5.74) is -0.0474. The fraction of sp³-hybridized carbons (Fsp3) is 0.571. The van der Waals surface area contributed by atoms with Crippen LogP contribution in [0.15, 0.2) is 34.2 Å². The van der Waals surface area contributed by atoms with E-state index in [4.69, 9.17) is 4.74 Å². The maximum absolute atomic E-state index is 13.0. The lowest BCUT2D eigenvalue weighted by atomic mass is 10.0. The molecular weight excluding hydrogens is 420 g/mol. The number of carbonyl (C=O) groups is 1. The summed E-state index contributed by atoms with van der Waals surface area (Å²) in [4.78, 5) is 29.5. The van der Waals surface area contributed by atoms with Gasteiger partial charge in [0, 0.05) is 26.2 Å². The van der Waals surface area contributed by atoms with Gasteiger partial charge in [-0.05, 0) is 49.8 Å². The average molecular weight is 449 g/mol. The molecule has 168 valence electrons. The molecule has 0 saturated carbocycles. The first-order valence-corrected chi connectivity index (χ1v) is 12.2. The monoisotopic (exact) mass is 448 g/mol. The molecule has 9 nitrogen and oxygen atoms in total. The Bertz CT molecular complexity index is 1120. The number of nitrogens with one attached hydrogen (secondary N) is 1. The van der Waals surface area contributed by atoms with E-state index in [0.29, 0.717) is 37.7 Å². The first-order chi connectivity index (χ1) is 14.8. The predicted molar refractivity (Wildman–Crippen MR) is 115 cm³/mol. The number of ether oxygens (including phenoxy) is 1. The number of fused-ring (bicyclic) bond motifs is 1. The molecule has 1 amide bonds. The summed E-state index contributed by atoms with van der Waals surface area (Å²) < 4.78 is 34.2. The molecule has 2 aromatic rings. The number of aromatic nitrogens is 2. The van der Waals surface area contributed by atoms with Crippen LogP contribution in [0, 0.1) is 5.92 Å². The van der Waals surface area contributed by atoms with Gasteiger partial charge in [-0.3, -0.25) is 14.2 Å². The molecule has 0 aliphatic carbocycles. The van der Waals surface area contributed by atoms with Crippen LogP contribution in [0.25, 0.3) is 10.9 Å². The molecule has 1 unspecified atom stereocenters. The zero-order valence-electron chi connectivity index (χ0n) is 17.6. The Morgan fingerprint density at radius 2 is 2.03 bits per heavy atom. The molecule has 10 heteroatoms. The van der Waals surface area contributed by atoms with Crippen molar-refractivity contribution in [3.63, 3.8) is 0 Å². The van der Waals surface area contributed by atoms with Crippen molar-refractivity contribution in [1.82, 2.24) is 19.2 Å². The van der Waals surface area contributed by atoms with Crippen LogP contribution >= 0.6 is 0 Å². The van der Waals surface area contributed by atoms with E-state index in [1.165, 1.54) is 33.4 Å². The van der Waals surface area contributed by atoms with Crippen LogP contribution in [-0.2, 0) is 26.1 Å². The Kier molecular flexibility index (Phi) is 6.40. The van der Waals surface area contributed by atoms with Gasteiger partial charge in [-0.1, -0.05) is 6.92 Å². The number of hydrogen-bond donors (Lipinski definition) is 1. The minimum Gasteiger partial charge on any atom is -0.376 e. The number of sulfonamides is 1. The standard InChI is InChI=1S/C21H28N4O5S/c1-15-6-8-25(9-7-15)31(28,29)17-4-5-19-18(11-17)21(27)24(14-23-19)13-20(26)22-12-16-3-2-10-30-16/h4-5,11,14-16H,2-3,6-10,12-13H2,1H3,(H,22,26). The Labute approximate surface area is 181 Å². The molecule has 2 saturated heterocycles.